The molecule has 0 aromatic carbocycles. The Bertz CT molecular complexity index is 400. The van der Waals surface area contributed by atoms with Crippen LogP contribution in [-0.4, -0.2) is 16.3 Å². The minimum Gasteiger partial charge on any atom is -0.330 e. The average molecular weight is 270 g/mol. The van der Waals surface area contributed by atoms with E-state index in [2.05, 4.69) is 12.0 Å². The topological polar surface area (TPSA) is 43.8 Å². The van der Waals surface area contributed by atoms with Gasteiger partial charge in [-0.1, -0.05) is 31.4 Å². The van der Waals surface area contributed by atoms with Gasteiger partial charge in [-0.25, -0.2) is 0 Å². The van der Waals surface area contributed by atoms with Crippen molar-refractivity contribution in [1.82, 2.24) is 9.78 Å². The zero-order chi connectivity index (χ0) is 13.1. The number of hydrogen-bond donors (Lipinski definition) is 1. The second kappa shape index (κ2) is 6.07. The third-order valence-electron chi connectivity index (χ3n) is 4.33. The van der Waals surface area contributed by atoms with Crippen molar-refractivity contribution in [3.63, 3.8) is 0 Å². The van der Waals surface area contributed by atoms with Gasteiger partial charge in [0.15, 0.2) is 0 Å². The number of nitrogens with zero attached hydrogens (tertiary/aromatic N) is 2. The summed E-state index contributed by atoms with van der Waals surface area (Å²) in [6, 6.07) is 0. The number of aryl methyl sites for hydroxylation is 2. The molecule has 0 saturated heterocycles. The van der Waals surface area contributed by atoms with Crippen LogP contribution in [0, 0.1) is 11.8 Å². The maximum absolute atomic E-state index is 6.43. The van der Waals surface area contributed by atoms with Crippen LogP contribution in [0.3, 0.4) is 0 Å². The molecular weight excluding hydrogens is 246 g/mol. The standard InChI is InChI=1S/C14H24ClN3/c1-3-12-14(15)13(18(2)17-12)8-10-6-4-5-7-11(10)9-16/h10-11H,3-9,16H2,1-2H3. The molecule has 1 aliphatic carbocycles. The molecule has 2 N–H and O–H groups in total. The fourth-order valence-corrected chi connectivity index (χ4v) is 3.52. The van der Waals surface area contributed by atoms with E-state index in [9.17, 15) is 0 Å². The predicted molar refractivity (Wildman–Crippen MR) is 75.8 cm³/mol. The molecule has 0 aliphatic heterocycles. The van der Waals surface area contributed by atoms with Crippen molar-refractivity contribution >= 4 is 11.6 Å². The molecule has 1 saturated carbocycles. The molecule has 1 aromatic rings. The van der Waals surface area contributed by atoms with Crippen LogP contribution in [0.25, 0.3) is 0 Å². The summed E-state index contributed by atoms with van der Waals surface area (Å²) in [5.74, 6) is 1.34. The van der Waals surface area contributed by atoms with E-state index in [1.54, 1.807) is 0 Å². The summed E-state index contributed by atoms with van der Waals surface area (Å²) in [5.41, 5.74) is 8.12. The minimum absolute atomic E-state index is 0.662. The molecule has 0 amide bonds. The fraction of sp³-hybridized carbons (Fsp3) is 0.786. The highest BCUT2D eigenvalue weighted by Gasteiger charge is 2.26. The van der Waals surface area contributed by atoms with E-state index in [0.29, 0.717) is 11.8 Å². The Hall–Kier alpha value is -0.540. The van der Waals surface area contributed by atoms with Gasteiger partial charge in [0.2, 0.25) is 0 Å². The molecule has 18 heavy (non-hydrogen) atoms. The summed E-state index contributed by atoms with van der Waals surface area (Å²) in [5, 5.41) is 5.37. The highest BCUT2D eigenvalue weighted by Crippen LogP contribution is 2.34. The van der Waals surface area contributed by atoms with Crippen molar-refractivity contribution < 1.29 is 0 Å². The number of aromatic nitrogens is 2. The van der Waals surface area contributed by atoms with Gasteiger partial charge in [0.05, 0.1) is 16.4 Å². The zero-order valence-electron chi connectivity index (χ0n) is 11.5. The molecule has 0 spiro atoms. The van der Waals surface area contributed by atoms with E-state index in [-0.39, 0.29) is 0 Å². The lowest BCUT2D eigenvalue weighted by atomic mass is 9.77. The van der Waals surface area contributed by atoms with E-state index < -0.39 is 0 Å². The molecule has 1 aliphatic rings. The third-order valence-corrected chi connectivity index (χ3v) is 4.76. The van der Waals surface area contributed by atoms with Gasteiger partial charge in [0.25, 0.3) is 0 Å². The zero-order valence-corrected chi connectivity index (χ0v) is 12.2. The van der Waals surface area contributed by atoms with Gasteiger partial charge in [-0.2, -0.15) is 5.10 Å². The Labute approximate surface area is 115 Å². The van der Waals surface area contributed by atoms with Gasteiger partial charge >= 0.3 is 0 Å². The number of halogens is 1. The smallest absolute Gasteiger partial charge is 0.0849 e. The van der Waals surface area contributed by atoms with E-state index in [0.717, 1.165) is 30.1 Å². The molecule has 2 unspecified atom stereocenters. The molecular formula is C14H24ClN3. The Morgan fingerprint density at radius 3 is 2.56 bits per heavy atom. The Morgan fingerprint density at radius 1 is 1.33 bits per heavy atom. The monoisotopic (exact) mass is 269 g/mol. The van der Waals surface area contributed by atoms with Crippen LogP contribution in [0.15, 0.2) is 0 Å². The highest BCUT2D eigenvalue weighted by atomic mass is 35.5. The van der Waals surface area contributed by atoms with Crippen LogP contribution in [-0.2, 0) is 19.9 Å². The highest BCUT2D eigenvalue weighted by molar-refractivity contribution is 6.31. The lowest BCUT2D eigenvalue weighted by Gasteiger charge is -2.30. The lowest BCUT2D eigenvalue weighted by molar-refractivity contribution is 0.239. The largest absolute Gasteiger partial charge is 0.330 e. The second-order valence-electron chi connectivity index (χ2n) is 5.43. The molecule has 0 radical (unpaired) electrons. The Morgan fingerprint density at radius 2 is 2.00 bits per heavy atom. The van der Waals surface area contributed by atoms with Crippen LogP contribution in [0.2, 0.25) is 5.02 Å². The lowest BCUT2D eigenvalue weighted by Crippen LogP contribution is -2.28. The SMILES string of the molecule is CCc1nn(C)c(CC2CCCCC2CN)c1Cl. The summed E-state index contributed by atoms with van der Waals surface area (Å²) in [4.78, 5) is 0. The number of rotatable bonds is 4. The van der Waals surface area contributed by atoms with E-state index >= 15 is 0 Å². The normalized spacial score (nSPS) is 24.4. The van der Waals surface area contributed by atoms with Gasteiger partial charge in [-0.15, -0.1) is 0 Å². The molecule has 102 valence electrons. The first-order chi connectivity index (χ1) is 8.67. The third kappa shape index (κ3) is 2.72. The number of hydrogen-bond acceptors (Lipinski definition) is 2. The van der Waals surface area contributed by atoms with Gasteiger partial charge in [-0.05, 0) is 44.1 Å². The summed E-state index contributed by atoms with van der Waals surface area (Å²) in [7, 11) is 2.00. The quantitative estimate of drug-likeness (QED) is 0.913. The summed E-state index contributed by atoms with van der Waals surface area (Å²) in [6.07, 6.45) is 7.15. The predicted octanol–water partition coefficient (Wildman–Crippen LogP) is 2.94. The van der Waals surface area contributed by atoms with Gasteiger partial charge in [-0.3, -0.25) is 4.68 Å². The van der Waals surface area contributed by atoms with E-state index in [1.165, 1.54) is 31.4 Å². The number of nitrogens with two attached hydrogens (primary N) is 1. The van der Waals surface area contributed by atoms with E-state index in [1.807, 2.05) is 11.7 Å². The van der Waals surface area contributed by atoms with Crippen molar-refractivity contribution in [3.05, 3.63) is 16.4 Å². The molecule has 1 heterocycles. The molecule has 0 bridgehead atoms. The van der Waals surface area contributed by atoms with Crippen molar-refractivity contribution in [2.75, 3.05) is 6.54 Å². The van der Waals surface area contributed by atoms with Gasteiger partial charge in [0.1, 0.15) is 0 Å². The molecule has 1 fully saturated rings. The molecule has 1 aromatic heterocycles. The maximum Gasteiger partial charge on any atom is 0.0849 e. The summed E-state index contributed by atoms with van der Waals surface area (Å²) < 4.78 is 1.96. The second-order valence-corrected chi connectivity index (χ2v) is 5.81. The van der Waals surface area contributed by atoms with Crippen molar-refractivity contribution in [1.29, 1.82) is 0 Å². The fourth-order valence-electron chi connectivity index (χ4n) is 3.15. The minimum atomic E-state index is 0.662. The molecule has 3 nitrogen and oxygen atoms in total. The van der Waals surface area contributed by atoms with Crippen LogP contribution in [0.4, 0.5) is 0 Å². The van der Waals surface area contributed by atoms with Gasteiger partial charge in [0, 0.05) is 7.05 Å². The Kier molecular flexibility index (Phi) is 4.68. The summed E-state index contributed by atoms with van der Waals surface area (Å²) in [6.45, 7) is 2.90. The van der Waals surface area contributed by atoms with E-state index in [4.69, 9.17) is 17.3 Å². The first kappa shape index (κ1) is 13.9. The molecule has 2 rings (SSSR count). The first-order valence-corrected chi connectivity index (χ1v) is 7.45. The van der Waals surface area contributed by atoms with Crippen molar-refractivity contribution in [2.24, 2.45) is 24.6 Å². The molecule has 2 atom stereocenters. The average Bonchev–Trinajstić information content (AvgIpc) is 2.66. The van der Waals surface area contributed by atoms with Crippen LogP contribution >= 0.6 is 11.6 Å². The molecule has 4 heteroatoms. The van der Waals surface area contributed by atoms with Crippen molar-refractivity contribution in [2.45, 2.75) is 45.4 Å². The Balaban J connectivity index is 2.15. The van der Waals surface area contributed by atoms with Crippen LogP contribution in [0.5, 0.6) is 0 Å². The van der Waals surface area contributed by atoms with Crippen LogP contribution < -0.4 is 5.73 Å². The van der Waals surface area contributed by atoms with Crippen LogP contribution in [0.1, 0.15) is 44.0 Å². The maximum atomic E-state index is 6.43. The van der Waals surface area contributed by atoms with Gasteiger partial charge < -0.3 is 5.73 Å². The van der Waals surface area contributed by atoms with Crippen molar-refractivity contribution in [3.8, 4) is 0 Å². The first-order valence-electron chi connectivity index (χ1n) is 7.07. The summed E-state index contributed by atoms with van der Waals surface area (Å²) >= 11 is 6.43.